The third kappa shape index (κ3) is 1.03. The molecule has 0 aliphatic carbocycles. The highest BCUT2D eigenvalue weighted by atomic mass is 32.9. The van der Waals surface area contributed by atoms with E-state index in [0.717, 1.165) is 0 Å². The minimum Gasteiger partial charge on any atom is -0.0794 e. The molecule has 0 saturated heterocycles. The van der Waals surface area contributed by atoms with Crippen molar-refractivity contribution in [3.63, 3.8) is 0 Å². The first-order valence-electron chi connectivity index (χ1n) is 5.22. The topological polar surface area (TPSA) is 0 Å². The monoisotopic (exact) mass is 240 g/mol. The molecule has 0 bridgehead atoms. The molecule has 1 aromatic heterocycles. The molecule has 3 aromatic carbocycles. The SMILES string of the molecule is c1cc2ccc3cccc4ssc(c1)c2c34. The molecule has 0 saturated carbocycles. The zero-order chi connectivity index (χ0) is 10.5. The molecule has 76 valence electrons. The molecule has 0 spiro atoms. The normalized spacial score (nSPS) is 11.8. The van der Waals surface area contributed by atoms with Gasteiger partial charge in [-0.3, -0.25) is 0 Å². The Morgan fingerprint density at radius 2 is 1.06 bits per heavy atom. The highest BCUT2D eigenvalue weighted by Crippen LogP contribution is 2.38. The van der Waals surface area contributed by atoms with Crippen molar-refractivity contribution in [3.8, 4) is 0 Å². The fraction of sp³-hybridized carbons (Fsp3) is 0. The summed E-state index contributed by atoms with van der Waals surface area (Å²) in [4.78, 5) is 0. The number of hydrogen-bond acceptors (Lipinski definition) is 2. The van der Waals surface area contributed by atoms with Crippen molar-refractivity contribution in [2.45, 2.75) is 0 Å². The number of benzene rings is 3. The van der Waals surface area contributed by atoms with Crippen molar-refractivity contribution in [1.82, 2.24) is 0 Å². The van der Waals surface area contributed by atoms with E-state index in [2.05, 4.69) is 48.5 Å². The van der Waals surface area contributed by atoms with Crippen LogP contribution in [0.5, 0.6) is 0 Å². The van der Waals surface area contributed by atoms with Gasteiger partial charge >= 0.3 is 0 Å². The number of rotatable bonds is 0. The molecule has 0 unspecified atom stereocenters. The predicted molar refractivity (Wildman–Crippen MR) is 74.7 cm³/mol. The summed E-state index contributed by atoms with van der Waals surface area (Å²) in [6, 6.07) is 17.6. The lowest BCUT2D eigenvalue weighted by atomic mass is 10.0. The molecule has 0 atom stereocenters. The van der Waals surface area contributed by atoms with Gasteiger partial charge in [-0.25, -0.2) is 0 Å². The molecule has 0 radical (unpaired) electrons. The predicted octanol–water partition coefficient (Wildman–Crippen LogP) is 5.27. The highest BCUT2D eigenvalue weighted by Gasteiger charge is 2.07. The van der Waals surface area contributed by atoms with Crippen LogP contribution >= 0.6 is 20.7 Å². The second kappa shape index (κ2) is 3.06. The lowest BCUT2D eigenvalue weighted by Gasteiger charge is -2.08. The Hall–Kier alpha value is -1.38. The Morgan fingerprint density at radius 3 is 1.56 bits per heavy atom. The van der Waals surface area contributed by atoms with E-state index in [1.807, 2.05) is 20.7 Å². The van der Waals surface area contributed by atoms with Gasteiger partial charge in [0.25, 0.3) is 0 Å². The molecule has 1 heterocycles. The molecule has 4 aromatic rings. The van der Waals surface area contributed by atoms with Crippen LogP contribution in [-0.4, -0.2) is 0 Å². The van der Waals surface area contributed by atoms with Crippen LogP contribution < -0.4 is 0 Å². The lowest BCUT2D eigenvalue weighted by Crippen LogP contribution is -1.79. The van der Waals surface area contributed by atoms with E-state index in [4.69, 9.17) is 0 Å². The van der Waals surface area contributed by atoms with Crippen LogP contribution in [0, 0.1) is 0 Å². The van der Waals surface area contributed by atoms with Crippen LogP contribution in [0.1, 0.15) is 0 Å². The maximum Gasteiger partial charge on any atom is 0.0462 e. The van der Waals surface area contributed by atoms with Gasteiger partial charge in [0, 0.05) is 20.2 Å². The molecule has 16 heavy (non-hydrogen) atoms. The van der Waals surface area contributed by atoms with Crippen molar-refractivity contribution in [3.05, 3.63) is 48.5 Å². The number of hydrogen-bond donors (Lipinski definition) is 0. The fourth-order valence-corrected chi connectivity index (χ4v) is 4.74. The van der Waals surface area contributed by atoms with Crippen LogP contribution in [0.4, 0.5) is 0 Å². The van der Waals surface area contributed by atoms with E-state index in [0.29, 0.717) is 0 Å². The standard InChI is InChI=1S/C14H8S2/c1-3-9-7-8-10-4-2-6-12-14(10)13(9)11(5-1)15-16-12/h1-8H. The van der Waals surface area contributed by atoms with Crippen molar-refractivity contribution in [2.24, 2.45) is 0 Å². The lowest BCUT2D eigenvalue weighted by molar-refractivity contribution is 1.84. The summed E-state index contributed by atoms with van der Waals surface area (Å²) < 4.78 is 2.79. The first-order valence-corrected chi connectivity index (χ1v) is 7.37. The average molecular weight is 240 g/mol. The second-order valence-electron chi connectivity index (χ2n) is 3.94. The Kier molecular flexibility index (Phi) is 1.67. The summed E-state index contributed by atoms with van der Waals surface area (Å²) in [6.07, 6.45) is 0. The van der Waals surface area contributed by atoms with Gasteiger partial charge < -0.3 is 0 Å². The summed E-state index contributed by atoms with van der Waals surface area (Å²) in [5, 5.41) is 5.56. The Balaban J connectivity index is 2.51. The third-order valence-electron chi connectivity index (χ3n) is 3.03. The summed E-state index contributed by atoms with van der Waals surface area (Å²) in [6.45, 7) is 0. The summed E-state index contributed by atoms with van der Waals surface area (Å²) in [5.74, 6) is 0. The molecule has 0 aliphatic rings. The Bertz CT molecular complexity index is 675. The second-order valence-corrected chi connectivity index (χ2v) is 6.15. The minimum absolute atomic E-state index is 1.35. The van der Waals surface area contributed by atoms with Crippen molar-refractivity contribution in [1.29, 1.82) is 0 Å². The molecule has 0 aliphatic heterocycles. The fourth-order valence-electron chi connectivity index (χ4n) is 2.32. The van der Waals surface area contributed by atoms with Crippen molar-refractivity contribution < 1.29 is 0 Å². The van der Waals surface area contributed by atoms with Gasteiger partial charge in [0.2, 0.25) is 0 Å². The van der Waals surface area contributed by atoms with Crippen LogP contribution in [0.2, 0.25) is 0 Å². The quantitative estimate of drug-likeness (QED) is 0.290. The maximum absolute atomic E-state index is 2.22. The van der Waals surface area contributed by atoms with Gasteiger partial charge in [-0.2, -0.15) is 0 Å². The van der Waals surface area contributed by atoms with Gasteiger partial charge in [-0.1, -0.05) is 57.1 Å². The highest BCUT2D eigenvalue weighted by molar-refractivity contribution is 7.74. The average Bonchev–Trinajstić information content (AvgIpc) is 2.36. The van der Waals surface area contributed by atoms with E-state index < -0.39 is 0 Å². The maximum atomic E-state index is 2.22. The van der Waals surface area contributed by atoms with Crippen LogP contribution in [-0.2, 0) is 0 Å². The van der Waals surface area contributed by atoms with Gasteiger partial charge in [0.05, 0.1) is 0 Å². The van der Waals surface area contributed by atoms with Crippen LogP contribution in [0.25, 0.3) is 30.9 Å². The molecule has 0 amide bonds. The molecule has 0 N–H and O–H groups in total. The largest absolute Gasteiger partial charge is 0.0794 e. The molecule has 0 fully saturated rings. The molecule has 4 rings (SSSR count). The molecule has 2 heteroatoms. The van der Waals surface area contributed by atoms with E-state index >= 15 is 0 Å². The van der Waals surface area contributed by atoms with E-state index in [1.165, 1.54) is 30.9 Å². The van der Waals surface area contributed by atoms with Crippen molar-refractivity contribution in [2.75, 3.05) is 0 Å². The third-order valence-corrected chi connectivity index (χ3v) is 5.48. The first kappa shape index (κ1) is 8.74. The molecular formula is C14H8S2. The van der Waals surface area contributed by atoms with Gasteiger partial charge in [-0.15, -0.1) is 0 Å². The minimum atomic E-state index is 1.35. The molecule has 0 nitrogen and oxygen atoms in total. The summed E-state index contributed by atoms with van der Waals surface area (Å²) in [7, 11) is 3.74. The Morgan fingerprint density at radius 1 is 0.562 bits per heavy atom. The zero-order valence-electron chi connectivity index (χ0n) is 8.44. The van der Waals surface area contributed by atoms with E-state index in [1.54, 1.807) is 0 Å². The Labute approximate surface area is 100 Å². The summed E-state index contributed by atoms with van der Waals surface area (Å²) in [5.41, 5.74) is 0. The first-order chi connectivity index (χ1) is 7.93. The van der Waals surface area contributed by atoms with Crippen LogP contribution in [0.15, 0.2) is 48.5 Å². The zero-order valence-corrected chi connectivity index (χ0v) is 10.1. The molecular weight excluding hydrogens is 232 g/mol. The van der Waals surface area contributed by atoms with Crippen LogP contribution in [0.3, 0.4) is 0 Å². The van der Waals surface area contributed by atoms with Crippen molar-refractivity contribution >= 4 is 51.6 Å². The summed E-state index contributed by atoms with van der Waals surface area (Å²) >= 11 is 0. The van der Waals surface area contributed by atoms with Gasteiger partial charge in [0.15, 0.2) is 0 Å². The smallest absolute Gasteiger partial charge is 0.0462 e. The van der Waals surface area contributed by atoms with Gasteiger partial charge in [-0.05, 0) is 22.9 Å². The van der Waals surface area contributed by atoms with E-state index in [9.17, 15) is 0 Å². The van der Waals surface area contributed by atoms with E-state index in [-0.39, 0.29) is 0 Å². The van der Waals surface area contributed by atoms with Gasteiger partial charge in [0.1, 0.15) is 0 Å².